The average molecular weight is 542 g/mol. The van der Waals surface area contributed by atoms with Crippen LogP contribution in [-0.4, -0.2) is 65.8 Å². The van der Waals surface area contributed by atoms with Crippen LogP contribution >= 0.6 is 24.0 Å². The van der Waals surface area contributed by atoms with Crippen LogP contribution in [-0.2, 0) is 6.42 Å². The molecule has 0 bridgehead atoms. The summed E-state index contributed by atoms with van der Waals surface area (Å²) in [5.41, 5.74) is 2.49. The summed E-state index contributed by atoms with van der Waals surface area (Å²) in [6.07, 6.45) is 0.741. The number of nitrogens with one attached hydrogen (secondary N) is 2. The van der Waals surface area contributed by atoms with E-state index in [1.165, 1.54) is 0 Å². The van der Waals surface area contributed by atoms with Gasteiger partial charge in [0.25, 0.3) is 5.91 Å². The standard InChI is InChI=1S/C22H30N4O4.HI/c1-23-22(25-17-13-18(28-4)20(30-6)19(14-17)29-5)24-11-10-15-8-7-9-16(12-15)21(27)26(2)3;/h7-9,12-14H,10-11H2,1-6H3,(H2,23,24,25);1H. The third-order valence-corrected chi connectivity index (χ3v) is 4.44. The number of benzene rings is 2. The van der Waals surface area contributed by atoms with Gasteiger partial charge in [0, 0.05) is 51.1 Å². The van der Waals surface area contributed by atoms with E-state index in [2.05, 4.69) is 15.6 Å². The third kappa shape index (κ3) is 7.20. The Kier molecular flexibility index (Phi) is 10.9. The van der Waals surface area contributed by atoms with Gasteiger partial charge in [-0.3, -0.25) is 9.79 Å². The second-order valence-electron chi connectivity index (χ2n) is 6.69. The summed E-state index contributed by atoms with van der Waals surface area (Å²) >= 11 is 0. The molecule has 0 aromatic heterocycles. The fraction of sp³-hybridized carbons (Fsp3) is 0.364. The highest BCUT2D eigenvalue weighted by Gasteiger charge is 2.14. The number of carbonyl (C=O) groups excluding carboxylic acids is 1. The van der Waals surface area contributed by atoms with Crippen molar-refractivity contribution >= 4 is 41.5 Å². The van der Waals surface area contributed by atoms with Crippen molar-refractivity contribution < 1.29 is 19.0 Å². The predicted octanol–water partition coefficient (Wildman–Crippen LogP) is 3.26. The third-order valence-electron chi connectivity index (χ3n) is 4.44. The maximum Gasteiger partial charge on any atom is 0.253 e. The first kappa shape index (κ1) is 26.3. The van der Waals surface area contributed by atoms with Gasteiger partial charge in [-0.1, -0.05) is 12.1 Å². The first-order chi connectivity index (χ1) is 14.4. The average Bonchev–Trinajstić information content (AvgIpc) is 2.77. The van der Waals surface area contributed by atoms with Gasteiger partial charge >= 0.3 is 0 Å². The van der Waals surface area contributed by atoms with Gasteiger partial charge in [-0.2, -0.15) is 0 Å². The molecule has 1 amide bonds. The molecule has 170 valence electrons. The zero-order valence-corrected chi connectivity index (χ0v) is 21.1. The fourth-order valence-electron chi connectivity index (χ4n) is 2.91. The molecular formula is C22H31IN4O4. The highest BCUT2D eigenvalue weighted by atomic mass is 127. The van der Waals surface area contributed by atoms with Crippen LogP contribution in [0.25, 0.3) is 0 Å². The molecule has 2 rings (SSSR count). The second kappa shape index (κ2) is 12.9. The summed E-state index contributed by atoms with van der Waals surface area (Å²) in [7, 11) is 9.90. The quantitative estimate of drug-likeness (QED) is 0.303. The maximum absolute atomic E-state index is 12.1. The van der Waals surface area contributed by atoms with Crippen LogP contribution in [0.5, 0.6) is 17.2 Å². The van der Waals surface area contributed by atoms with Gasteiger partial charge in [0.1, 0.15) is 0 Å². The Bertz CT molecular complexity index is 878. The Morgan fingerprint density at radius 2 is 1.68 bits per heavy atom. The number of carbonyl (C=O) groups is 1. The van der Waals surface area contributed by atoms with Crippen LogP contribution in [0.4, 0.5) is 5.69 Å². The van der Waals surface area contributed by atoms with E-state index in [4.69, 9.17) is 14.2 Å². The molecule has 0 saturated carbocycles. The van der Waals surface area contributed by atoms with E-state index < -0.39 is 0 Å². The highest BCUT2D eigenvalue weighted by Crippen LogP contribution is 2.39. The molecule has 2 aromatic rings. The summed E-state index contributed by atoms with van der Waals surface area (Å²) in [4.78, 5) is 18.0. The van der Waals surface area contributed by atoms with E-state index in [1.807, 2.05) is 36.4 Å². The van der Waals surface area contributed by atoms with E-state index in [1.54, 1.807) is 47.4 Å². The van der Waals surface area contributed by atoms with Crippen molar-refractivity contribution in [2.75, 3.05) is 54.3 Å². The minimum Gasteiger partial charge on any atom is -0.493 e. The van der Waals surface area contributed by atoms with Crippen LogP contribution in [0.15, 0.2) is 41.4 Å². The molecular weight excluding hydrogens is 511 g/mol. The Balaban J connectivity index is 0.00000480. The molecule has 0 unspecified atom stereocenters. The number of nitrogens with zero attached hydrogens (tertiary/aromatic N) is 2. The number of rotatable bonds is 8. The van der Waals surface area contributed by atoms with Crippen molar-refractivity contribution in [2.45, 2.75) is 6.42 Å². The molecule has 2 aromatic carbocycles. The summed E-state index contributed by atoms with van der Waals surface area (Å²) in [6, 6.07) is 11.3. The van der Waals surface area contributed by atoms with Crippen LogP contribution in [0.1, 0.15) is 15.9 Å². The van der Waals surface area contributed by atoms with Gasteiger partial charge in [0.05, 0.1) is 21.3 Å². The largest absolute Gasteiger partial charge is 0.493 e. The zero-order valence-electron chi connectivity index (χ0n) is 18.8. The maximum atomic E-state index is 12.1. The van der Waals surface area contributed by atoms with Crippen LogP contribution < -0.4 is 24.8 Å². The van der Waals surface area contributed by atoms with E-state index in [0.29, 0.717) is 35.3 Å². The van der Waals surface area contributed by atoms with Gasteiger partial charge in [0.15, 0.2) is 17.5 Å². The summed E-state index contributed by atoms with van der Waals surface area (Å²) in [6.45, 7) is 0.643. The number of anilines is 1. The molecule has 31 heavy (non-hydrogen) atoms. The lowest BCUT2D eigenvalue weighted by molar-refractivity contribution is 0.0827. The first-order valence-corrected chi connectivity index (χ1v) is 9.51. The van der Waals surface area contributed by atoms with Crippen molar-refractivity contribution in [3.63, 3.8) is 0 Å². The van der Waals surface area contributed by atoms with Crippen LogP contribution in [0, 0.1) is 0 Å². The van der Waals surface area contributed by atoms with Crippen LogP contribution in [0.3, 0.4) is 0 Å². The van der Waals surface area contributed by atoms with Gasteiger partial charge in [0.2, 0.25) is 5.75 Å². The van der Waals surface area contributed by atoms with Gasteiger partial charge in [-0.15, -0.1) is 24.0 Å². The number of methoxy groups -OCH3 is 3. The summed E-state index contributed by atoms with van der Waals surface area (Å²) in [5.74, 6) is 2.23. The number of aliphatic imine (C=N–C) groups is 1. The van der Waals surface area contributed by atoms with E-state index in [9.17, 15) is 4.79 Å². The molecule has 0 heterocycles. The molecule has 0 spiro atoms. The molecule has 2 N–H and O–H groups in total. The number of ether oxygens (including phenoxy) is 3. The number of amides is 1. The van der Waals surface area contributed by atoms with Crippen molar-refractivity contribution in [1.29, 1.82) is 0 Å². The normalized spacial score (nSPS) is 10.6. The zero-order chi connectivity index (χ0) is 22.1. The number of hydrogen-bond acceptors (Lipinski definition) is 5. The molecule has 0 aliphatic rings. The molecule has 0 atom stereocenters. The van der Waals surface area contributed by atoms with Gasteiger partial charge in [-0.05, 0) is 24.1 Å². The van der Waals surface area contributed by atoms with Gasteiger partial charge in [-0.25, -0.2) is 0 Å². The predicted molar refractivity (Wildman–Crippen MR) is 135 cm³/mol. The van der Waals surface area contributed by atoms with E-state index in [0.717, 1.165) is 17.7 Å². The van der Waals surface area contributed by atoms with E-state index >= 15 is 0 Å². The van der Waals surface area contributed by atoms with Crippen molar-refractivity contribution in [3.8, 4) is 17.2 Å². The molecule has 9 heteroatoms. The topological polar surface area (TPSA) is 84.4 Å². The minimum absolute atomic E-state index is 0. The smallest absolute Gasteiger partial charge is 0.253 e. The molecule has 0 aliphatic heterocycles. The Morgan fingerprint density at radius 1 is 1.03 bits per heavy atom. The lowest BCUT2D eigenvalue weighted by Crippen LogP contribution is -2.32. The fourth-order valence-corrected chi connectivity index (χ4v) is 2.91. The number of halogens is 1. The summed E-state index contributed by atoms with van der Waals surface area (Å²) in [5, 5.41) is 6.49. The Morgan fingerprint density at radius 3 is 2.19 bits per heavy atom. The van der Waals surface area contributed by atoms with Crippen molar-refractivity contribution in [1.82, 2.24) is 10.2 Å². The Hall–Kier alpha value is -2.69. The first-order valence-electron chi connectivity index (χ1n) is 9.51. The van der Waals surface area contributed by atoms with Gasteiger partial charge < -0.3 is 29.7 Å². The highest BCUT2D eigenvalue weighted by molar-refractivity contribution is 14.0. The molecule has 0 fully saturated rings. The molecule has 0 saturated heterocycles. The Labute approximate surface area is 201 Å². The lowest BCUT2D eigenvalue weighted by atomic mass is 10.1. The molecule has 0 radical (unpaired) electrons. The molecule has 0 aliphatic carbocycles. The number of hydrogen-bond donors (Lipinski definition) is 2. The minimum atomic E-state index is -0.00955. The molecule has 8 nitrogen and oxygen atoms in total. The van der Waals surface area contributed by atoms with Crippen molar-refractivity contribution in [3.05, 3.63) is 47.5 Å². The number of guanidine groups is 1. The monoisotopic (exact) mass is 542 g/mol. The summed E-state index contributed by atoms with van der Waals surface area (Å²) < 4.78 is 16.1. The van der Waals surface area contributed by atoms with E-state index in [-0.39, 0.29) is 29.9 Å². The second-order valence-corrected chi connectivity index (χ2v) is 6.69. The van der Waals surface area contributed by atoms with Crippen molar-refractivity contribution in [2.24, 2.45) is 4.99 Å². The lowest BCUT2D eigenvalue weighted by Gasteiger charge is -2.16. The van der Waals surface area contributed by atoms with Crippen LogP contribution in [0.2, 0.25) is 0 Å². The SMILES string of the molecule is CN=C(NCCc1cccc(C(=O)N(C)C)c1)Nc1cc(OC)c(OC)c(OC)c1.I.